The number of esters is 2. The zero-order valence-electron chi connectivity index (χ0n) is 19.5. The quantitative estimate of drug-likeness (QED) is 0.605. The predicted molar refractivity (Wildman–Crippen MR) is 123 cm³/mol. The van der Waals surface area contributed by atoms with Gasteiger partial charge in [-0.1, -0.05) is 24.3 Å². The second-order valence-corrected chi connectivity index (χ2v) is 9.12. The highest BCUT2D eigenvalue weighted by atomic mass is 16.6. The van der Waals surface area contributed by atoms with Crippen LogP contribution in [-0.4, -0.2) is 35.9 Å². The van der Waals surface area contributed by atoms with Crippen molar-refractivity contribution in [2.24, 2.45) is 0 Å². The SMILES string of the molecule is CC(=O)OC[C@@H]1C[C@H](OC(C)=O)C[C@H](c2cc(Cc3ccc(C4CC4)cc3)c(C#N)cc2O)O1. The summed E-state index contributed by atoms with van der Waals surface area (Å²) in [5.74, 6) is -0.205. The van der Waals surface area contributed by atoms with Crippen LogP contribution in [0.4, 0.5) is 0 Å². The number of ether oxygens (including phenoxy) is 3. The van der Waals surface area contributed by atoms with E-state index in [0.29, 0.717) is 36.3 Å². The fourth-order valence-corrected chi connectivity index (χ4v) is 4.53. The molecule has 2 aliphatic rings. The maximum Gasteiger partial charge on any atom is 0.302 e. The van der Waals surface area contributed by atoms with E-state index in [1.165, 1.54) is 38.3 Å². The number of phenols is 1. The van der Waals surface area contributed by atoms with Gasteiger partial charge in [0, 0.05) is 32.3 Å². The van der Waals surface area contributed by atoms with Crippen LogP contribution in [0.3, 0.4) is 0 Å². The van der Waals surface area contributed by atoms with Crippen molar-refractivity contribution in [2.75, 3.05) is 6.61 Å². The second kappa shape index (κ2) is 10.3. The Morgan fingerprint density at radius 2 is 1.85 bits per heavy atom. The third-order valence-corrected chi connectivity index (χ3v) is 6.31. The van der Waals surface area contributed by atoms with Crippen molar-refractivity contribution < 1.29 is 28.9 Å². The largest absolute Gasteiger partial charge is 0.508 e. The Labute approximate surface area is 199 Å². The molecular formula is C27H29NO6. The Bertz CT molecular complexity index is 1100. The zero-order chi connectivity index (χ0) is 24.2. The number of carbonyl (C=O) groups is 2. The van der Waals surface area contributed by atoms with Crippen molar-refractivity contribution in [1.82, 2.24) is 0 Å². The third-order valence-electron chi connectivity index (χ3n) is 6.31. The van der Waals surface area contributed by atoms with Crippen molar-refractivity contribution >= 4 is 11.9 Å². The summed E-state index contributed by atoms with van der Waals surface area (Å²) >= 11 is 0. The standard InChI is InChI=1S/C27H29NO6/c1-16(29)32-15-24-12-23(33-17(2)30)13-27(34-24)25-10-21(22(14-28)11-26(25)31)9-18-3-5-19(6-4-18)20-7-8-20/h3-6,10-11,20,23-24,27,31H,7-9,12-13,15H2,1-2H3/t23-,24-,27+/m0/s1. The van der Waals surface area contributed by atoms with Gasteiger partial charge in [-0.25, -0.2) is 0 Å². The summed E-state index contributed by atoms with van der Waals surface area (Å²) in [5.41, 5.74) is 4.13. The van der Waals surface area contributed by atoms with Crippen LogP contribution in [-0.2, 0) is 30.2 Å². The molecule has 4 rings (SSSR count). The van der Waals surface area contributed by atoms with Crippen LogP contribution >= 0.6 is 0 Å². The Hall–Kier alpha value is -3.37. The molecule has 1 aliphatic heterocycles. The summed E-state index contributed by atoms with van der Waals surface area (Å²) in [5, 5.41) is 20.4. The molecule has 0 spiro atoms. The molecule has 1 saturated heterocycles. The number of carbonyl (C=O) groups excluding carboxylic acids is 2. The van der Waals surface area contributed by atoms with Crippen molar-refractivity contribution in [3.05, 3.63) is 64.2 Å². The van der Waals surface area contributed by atoms with Gasteiger partial charge < -0.3 is 19.3 Å². The maximum atomic E-state index is 11.6. The molecule has 1 heterocycles. The molecule has 2 aromatic rings. The van der Waals surface area contributed by atoms with E-state index in [1.54, 1.807) is 6.07 Å². The van der Waals surface area contributed by atoms with Gasteiger partial charge in [0.05, 0.1) is 23.8 Å². The number of hydrogen-bond donors (Lipinski definition) is 1. The topological polar surface area (TPSA) is 106 Å². The van der Waals surface area contributed by atoms with E-state index in [2.05, 4.69) is 30.3 Å². The average molecular weight is 464 g/mol. The van der Waals surface area contributed by atoms with Crippen LogP contribution in [0.5, 0.6) is 5.75 Å². The first kappa shape index (κ1) is 23.8. The van der Waals surface area contributed by atoms with Crippen LogP contribution in [0.1, 0.15) is 79.4 Å². The van der Waals surface area contributed by atoms with Gasteiger partial charge in [0.25, 0.3) is 0 Å². The molecule has 1 N–H and O–H groups in total. The monoisotopic (exact) mass is 463 g/mol. The molecule has 178 valence electrons. The first-order valence-electron chi connectivity index (χ1n) is 11.6. The Kier molecular flexibility index (Phi) is 7.18. The number of phenolic OH excluding ortho intramolecular Hbond substituents is 1. The lowest BCUT2D eigenvalue weighted by atomic mass is 9.91. The van der Waals surface area contributed by atoms with Crippen LogP contribution < -0.4 is 0 Å². The lowest BCUT2D eigenvalue weighted by molar-refractivity contribution is -0.169. The van der Waals surface area contributed by atoms with Crippen LogP contribution in [0.2, 0.25) is 0 Å². The first-order chi connectivity index (χ1) is 16.3. The molecule has 34 heavy (non-hydrogen) atoms. The van der Waals surface area contributed by atoms with Crippen molar-refractivity contribution in [3.8, 4) is 11.8 Å². The molecule has 2 fully saturated rings. The lowest BCUT2D eigenvalue weighted by Crippen LogP contribution is -2.37. The molecule has 0 bridgehead atoms. The van der Waals surface area contributed by atoms with Gasteiger partial charge in [0.15, 0.2) is 0 Å². The van der Waals surface area contributed by atoms with Crippen molar-refractivity contribution in [1.29, 1.82) is 5.26 Å². The fraction of sp³-hybridized carbons (Fsp3) is 0.444. The normalized spacial score (nSPS) is 22.0. The number of rotatable bonds is 7. The summed E-state index contributed by atoms with van der Waals surface area (Å²) in [6.07, 6.45) is 2.26. The molecule has 1 saturated carbocycles. The average Bonchev–Trinajstić information content (AvgIpc) is 3.64. The van der Waals surface area contributed by atoms with Gasteiger partial charge in [-0.2, -0.15) is 5.26 Å². The number of nitrogens with zero attached hydrogens (tertiary/aromatic N) is 1. The van der Waals surface area contributed by atoms with E-state index in [1.807, 2.05) is 0 Å². The molecule has 3 atom stereocenters. The molecule has 7 heteroatoms. The first-order valence-corrected chi connectivity index (χ1v) is 11.6. The van der Waals surface area contributed by atoms with Gasteiger partial charge in [0.2, 0.25) is 0 Å². The van der Waals surface area contributed by atoms with Gasteiger partial charge in [-0.05, 0) is 54.0 Å². The molecule has 0 aromatic heterocycles. The smallest absolute Gasteiger partial charge is 0.302 e. The summed E-state index contributed by atoms with van der Waals surface area (Å²) in [7, 11) is 0. The summed E-state index contributed by atoms with van der Waals surface area (Å²) < 4.78 is 16.7. The van der Waals surface area contributed by atoms with Gasteiger partial charge >= 0.3 is 11.9 Å². The van der Waals surface area contributed by atoms with Gasteiger partial charge in [-0.15, -0.1) is 0 Å². The van der Waals surface area contributed by atoms with Crippen LogP contribution in [0, 0.1) is 11.3 Å². The number of benzene rings is 2. The molecule has 2 aromatic carbocycles. The molecule has 1 aliphatic carbocycles. The molecule has 0 unspecified atom stereocenters. The van der Waals surface area contributed by atoms with Crippen molar-refractivity contribution in [2.45, 2.75) is 70.2 Å². The van der Waals surface area contributed by atoms with E-state index < -0.39 is 30.3 Å². The summed E-state index contributed by atoms with van der Waals surface area (Å²) in [6, 6.07) is 13.9. The molecular weight excluding hydrogens is 434 g/mol. The molecule has 0 amide bonds. The van der Waals surface area contributed by atoms with Crippen LogP contribution in [0.25, 0.3) is 0 Å². The minimum atomic E-state index is -0.581. The zero-order valence-corrected chi connectivity index (χ0v) is 19.5. The van der Waals surface area contributed by atoms with E-state index >= 15 is 0 Å². The highest BCUT2D eigenvalue weighted by Gasteiger charge is 2.34. The predicted octanol–water partition coefficient (Wildman–Crippen LogP) is 4.45. The van der Waals surface area contributed by atoms with E-state index in [-0.39, 0.29) is 12.4 Å². The number of aromatic hydroxyl groups is 1. The lowest BCUT2D eigenvalue weighted by Gasteiger charge is -2.35. The number of hydrogen-bond acceptors (Lipinski definition) is 7. The van der Waals surface area contributed by atoms with Gasteiger partial charge in [0.1, 0.15) is 18.5 Å². The molecule has 0 radical (unpaired) electrons. The fourth-order valence-electron chi connectivity index (χ4n) is 4.53. The summed E-state index contributed by atoms with van der Waals surface area (Å²) in [6.45, 7) is 2.69. The Balaban J connectivity index is 1.58. The minimum Gasteiger partial charge on any atom is -0.508 e. The summed E-state index contributed by atoms with van der Waals surface area (Å²) in [4.78, 5) is 22.8. The second-order valence-electron chi connectivity index (χ2n) is 9.12. The molecule has 7 nitrogen and oxygen atoms in total. The van der Waals surface area contributed by atoms with E-state index in [4.69, 9.17) is 14.2 Å². The Morgan fingerprint density at radius 1 is 1.12 bits per heavy atom. The van der Waals surface area contributed by atoms with Crippen LogP contribution in [0.15, 0.2) is 36.4 Å². The van der Waals surface area contributed by atoms with Gasteiger partial charge in [-0.3, -0.25) is 9.59 Å². The van der Waals surface area contributed by atoms with Crippen molar-refractivity contribution in [3.63, 3.8) is 0 Å². The minimum absolute atomic E-state index is 0.0286. The number of nitriles is 1. The van der Waals surface area contributed by atoms with E-state index in [0.717, 1.165) is 11.1 Å². The highest BCUT2D eigenvalue weighted by Crippen LogP contribution is 2.41. The highest BCUT2D eigenvalue weighted by molar-refractivity contribution is 5.66. The maximum absolute atomic E-state index is 11.6. The third kappa shape index (κ3) is 5.95. The van der Waals surface area contributed by atoms with E-state index in [9.17, 15) is 20.0 Å². The Morgan fingerprint density at radius 3 is 2.47 bits per heavy atom.